The summed E-state index contributed by atoms with van der Waals surface area (Å²) in [7, 11) is -4.09. The van der Waals surface area contributed by atoms with Gasteiger partial charge in [0.15, 0.2) is 16.4 Å². The van der Waals surface area contributed by atoms with E-state index in [9.17, 15) is 18.5 Å². The zero-order chi connectivity index (χ0) is 16.6. The minimum absolute atomic E-state index is 0.141. The van der Waals surface area contributed by atoms with Gasteiger partial charge in [-0.1, -0.05) is 0 Å². The molecule has 1 heterocycles. The third-order valence-electron chi connectivity index (χ3n) is 3.86. The molecule has 0 saturated heterocycles. The lowest BCUT2D eigenvalue weighted by Crippen LogP contribution is -2.41. The van der Waals surface area contributed by atoms with E-state index in [1.165, 1.54) is 0 Å². The first-order valence-electron chi connectivity index (χ1n) is 7.23. The van der Waals surface area contributed by atoms with Crippen LogP contribution >= 0.6 is 0 Å². The van der Waals surface area contributed by atoms with Crippen molar-refractivity contribution in [2.24, 2.45) is 11.7 Å². The van der Waals surface area contributed by atoms with Gasteiger partial charge in [0, 0.05) is 18.7 Å². The highest BCUT2D eigenvalue weighted by Crippen LogP contribution is 2.39. The number of nitrogens with zero attached hydrogens (tertiary/aromatic N) is 1. The molecule has 1 aromatic carbocycles. The summed E-state index contributed by atoms with van der Waals surface area (Å²) < 4.78 is 38.2. The molecule has 0 spiro atoms. The van der Waals surface area contributed by atoms with Crippen LogP contribution in [-0.2, 0) is 10.0 Å². The molecule has 23 heavy (non-hydrogen) atoms. The van der Waals surface area contributed by atoms with E-state index < -0.39 is 31.6 Å². The molecular weight excluding hydrogens is 326 g/mol. The predicted molar refractivity (Wildman–Crippen MR) is 80.0 cm³/mol. The van der Waals surface area contributed by atoms with Crippen LogP contribution in [0.25, 0.3) is 0 Å². The van der Waals surface area contributed by atoms with Crippen molar-refractivity contribution in [3.05, 3.63) is 22.2 Å². The van der Waals surface area contributed by atoms with E-state index in [-0.39, 0.29) is 37.2 Å². The van der Waals surface area contributed by atoms with Gasteiger partial charge in [-0.2, -0.15) is 0 Å². The van der Waals surface area contributed by atoms with Crippen LogP contribution in [0.2, 0.25) is 0 Å². The Morgan fingerprint density at radius 2 is 1.91 bits per heavy atom. The molecule has 0 radical (unpaired) electrons. The summed E-state index contributed by atoms with van der Waals surface area (Å²) in [6.07, 6.45) is 1.79. The molecule has 0 aromatic heterocycles. The maximum Gasteiger partial charge on any atom is 0.293 e. The predicted octanol–water partition coefficient (Wildman–Crippen LogP) is 0.382. The Morgan fingerprint density at radius 1 is 1.30 bits per heavy atom. The highest BCUT2D eigenvalue weighted by atomic mass is 32.2. The van der Waals surface area contributed by atoms with E-state index >= 15 is 0 Å². The smallest absolute Gasteiger partial charge is 0.293 e. The Labute approximate surface area is 133 Å². The van der Waals surface area contributed by atoms with Crippen molar-refractivity contribution in [1.82, 2.24) is 4.72 Å². The minimum atomic E-state index is -4.09. The standard InChI is InChI=1S/C13H17N3O6S/c14-7-9(8-1-2-8)15-23(19,20)13-6-12-11(21-3-4-22-12)5-10(13)16(17)18/h5-6,8-9,15H,1-4,7,14H2. The molecule has 1 saturated carbocycles. The first-order chi connectivity index (χ1) is 10.9. The van der Waals surface area contributed by atoms with Crippen molar-refractivity contribution >= 4 is 15.7 Å². The maximum absolute atomic E-state index is 12.6. The first-order valence-corrected chi connectivity index (χ1v) is 8.71. The Bertz CT molecular complexity index is 731. The number of nitro benzene ring substituents is 1. The number of rotatable bonds is 6. The molecule has 10 heteroatoms. The zero-order valence-corrected chi connectivity index (χ0v) is 13.0. The van der Waals surface area contributed by atoms with Crippen molar-refractivity contribution in [1.29, 1.82) is 0 Å². The molecule has 9 nitrogen and oxygen atoms in total. The van der Waals surface area contributed by atoms with Crippen molar-refractivity contribution in [2.45, 2.75) is 23.8 Å². The average Bonchev–Trinajstić information content (AvgIpc) is 3.36. The van der Waals surface area contributed by atoms with Gasteiger partial charge in [-0.3, -0.25) is 10.1 Å². The lowest BCUT2D eigenvalue weighted by atomic mass is 10.2. The van der Waals surface area contributed by atoms with E-state index in [4.69, 9.17) is 15.2 Å². The van der Waals surface area contributed by atoms with Gasteiger partial charge >= 0.3 is 0 Å². The fraction of sp³-hybridized carbons (Fsp3) is 0.538. The Kier molecular flexibility index (Phi) is 4.13. The molecule has 0 amide bonds. The van der Waals surface area contributed by atoms with Crippen molar-refractivity contribution < 1.29 is 22.8 Å². The highest BCUT2D eigenvalue weighted by molar-refractivity contribution is 7.89. The van der Waals surface area contributed by atoms with Crippen LogP contribution in [0.1, 0.15) is 12.8 Å². The molecule has 1 aromatic rings. The molecular formula is C13H17N3O6S. The molecule has 1 atom stereocenters. The Hall–Kier alpha value is -1.91. The molecule has 1 aliphatic carbocycles. The molecule has 126 valence electrons. The second kappa shape index (κ2) is 5.95. The topological polar surface area (TPSA) is 134 Å². The van der Waals surface area contributed by atoms with Crippen LogP contribution in [0.5, 0.6) is 11.5 Å². The van der Waals surface area contributed by atoms with E-state index in [0.717, 1.165) is 25.0 Å². The third-order valence-corrected chi connectivity index (χ3v) is 5.38. The summed E-state index contributed by atoms with van der Waals surface area (Å²) >= 11 is 0. The molecule has 1 unspecified atom stereocenters. The van der Waals surface area contributed by atoms with Crippen LogP contribution in [0, 0.1) is 16.0 Å². The Morgan fingerprint density at radius 3 is 2.43 bits per heavy atom. The van der Waals surface area contributed by atoms with E-state index in [1.54, 1.807) is 0 Å². The van der Waals surface area contributed by atoms with Crippen molar-refractivity contribution in [3.63, 3.8) is 0 Å². The van der Waals surface area contributed by atoms with E-state index in [0.29, 0.717) is 0 Å². The second-order valence-corrected chi connectivity index (χ2v) is 7.20. The lowest BCUT2D eigenvalue weighted by Gasteiger charge is -2.20. The number of hydrogen-bond donors (Lipinski definition) is 2. The summed E-state index contributed by atoms with van der Waals surface area (Å²) in [5.41, 5.74) is 5.05. The van der Waals surface area contributed by atoms with Gasteiger partial charge in [-0.25, -0.2) is 13.1 Å². The van der Waals surface area contributed by atoms with E-state index in [1.807, 2.05) is 0 Å². The van der Waals surface area contributed by atoms with Crippen LogP contribution in [0.3, 0.4) is 0 Å². The van der Waals surface area contributed by atoms with Crippen LogP contribution in [-0.4, -0.2) is 39.1 Å². The number of sulfonamides is 1. The van der Waals surface area contributed by atoms with Gasteiger partial charge in [0.2, 0.25) is 10.0 Å². The van der Waals surface area contributed by atoms with Crippen LogP contribution in [0.15, 0.2) is 17.0 Å². The maximum atomic E-state index is 12.6. The number of ether oxygens (including phenoxy) is 2. The fourth-order valence-electron chi connectivity index (χ4n) is 2.52. The van der Waals surface area contributed by atoms with Gasteiger partial charge in [0.05, 0.1) is 11.0 Å². The largest absolute Gasteiger partial charge is 0.486 e. The number of hydrogen-bond acceptors (Lipinski definition) is 7. The van der Waals surface area contributed by atoms with Gasteiger partial charge in [-0.05, 0) is 18.8 Å². The second-order valence-electron chi connectivity index (χ2n) is 5.52. The molecule has 0 bridgehead atoms. The minimum Gasteiger partial charge on any atom is -0.486 e. The monoisotopic (exact) mass is 343 g/mol. The molecule has 3 rings (SSSR count). The SMILES string of the molecule is NCC(NS(=O)(=O)c1cc2c(cc1[N+](=O)[O-])OCCO2)C1CC1. The van der Waals surface area contributed by atoms with Crippen molar-refractivity contribution in [2.75, 3.05) is 19.8 Å². The van der Waals surface area contributed by atoms with Crippen LogP contribution < -0.4 is 19.9 Å². The lowest BCUT2D eigenvalue weighted by molar-refractivity contribution is -0.388. The summed E-state index contributed by atoms with van der Waals surface area (Å²) in [6.45, 7) is 0.652. The summed E-state index contributed by atoms with van der Waals surface area (Å²) in [5, 5.41) is 11.2. The molecule has 1 fully saturated rings. The normalized spacial score (nSPS) is 18.5. The quantitative estimate of drug-likeness (QED) is 0.563. The number of nitro groups is 1. The number of benzene rings is 1. The first kappa shape index (κ1) is 16.0. The third kappa shape index (κ3) is 3.23. The fourth-order valence-corrected chi connectivity index (χ4v) is 4.00. The van der Waals surface area contributed by atoms with Gasteiger partial charge < -0.3 is 15.2 Å². The summed E-state index contributed by atoms with van der Waals surface area (Å²) in [5.74, 6) is 0.531. The summed E-state index contributed by atoms with van der Waals surface area (Å²) in [6, 6.07) is 1.79. The van der Waals surface area contributed by atoms with Gasteiger partial charge in [0.1, 0.15) is 13.2 Å². The van der Waals surface area contributed by atoms with Gasteiger partial charge in [-0.15, -0.1) is 0 Å². The molecule has 2 aliphatic rings. The number of nitrogens with two attached hydrogens (primary N) is 1. The van der Waals surface area contributed by atoms with Crippen LogP contribution in [0.4, 0.5) is 5.69 Å². The average molecular weight is 343 g/mol. The Balaban J connectivity index is 2.00. The van der Waals surface area contributed by atoms with E-state index in [2.05, 4.69) is 4.72 Å². The zero-order valence-electron chi connectivity index (χ0n) is 12.2. The van der Waals surface area contributed by atoms with Crippen molar-refractivity contribution in [3.8, 4) is 11.5 Å². The highest BCUT2D eigenvalue weighted by Gasteiger charge is 2.36. The summed E-state index contributed by atoms with van der Waals surface area (Å²) in [4.78, 5) is 10.1. The molecule has 1 aliphatic heterocycles. The number of fused-ring (bicyclic) bond motifs is 1. The molecule has 3 N–H and O–H groups in total. The number of nitrogens with one attached hydrogen (secondary N) is 1. The van der Waals surface area contributed by atoms with Gasteiger partial charge in [0.25, 0.3) is 5.69 Å².